The fourth-order valence-electron chi connectivity index (χ4n) is 3.13. The van der Waals surface area contributed by atoms with Gasteiger partial charge in [0, 0.05) is 18.2 Å². The van der Waals surface area contributed by atoms with Gasteiger partial charge in [0.1, 0.15) is 23.5 Å². The molecule has 7 nitrogen and oxygen atoms in total. The van der Waals surface area contributed by atoms with Crippen molar-refractivity contribution in [2.24, 2.45) is 5.14 Å². The minimum absolute atomic E-state index is 0.183. The zero-order valence-electron chi connectivity index (χ0n) is 14.4. The fourth-order valence-corrected chi connectivity index (χ4v) is 3.51. The number of aromatic nitrogens is 3. The van der Waals surface area contributed by atoms with E-state index in [0.717, 1.165) is 17.2 Å². The fraction of sp³-hybridized carbons (Fsp3) is 0.111. The number of H-pyrrole nitrogens is 1. The van der Waals surface area contributed by atoms with E-state index in [2.05, 4.69) is 19.7 Å². The molecule has 4 N–H and O–H groups in total. The van der Waals surface area contributed by atoms with Crippen LogP contribution in [0.3, 0.4) is 0 Å². The van der Waals surface area contributed by atoms with Gasteiger partial charge in [-0.25, -0.2) is 28.6 Å². The van der Waals surface area contributed by atoms with Gasteiger partial charge >= 0.3 is 0 Å². The van der Waals surface area contributed by atoms with Gasteiger partial charge in [-0.1, -0.05) is 24.3 Å². The van der Waals surface area contributed by atoms with Crippen LogP contribution in [0, 0.1) is 11.6 Å². The maximum atomic E-state index is 14.2. The van der Waals surface area contributed by atoms with Crippen molar-refractivity contribution in [1.82, 2.24) is 19.7 Å². The van der Waals surface area contributed by atoms with Gasteiger partial charge in [0.15, 0.2) is 0 Å². The molecule has 4 rings (SSSR count). The molecule has 0 aliphatic heterocycles. The molecule has 0 atom stereocenters. The Labute approximate surface area is 158 Å². The average Bonchev–Trinajstić information content (AvgIpc) is 2.99. The van der Waals surface area contributed by atoms with E-state index in [-0.39, 0.29) is 11.9 Å². The molecule has 0 saturated heterocycles. The van der Waals surface area contributed by atoms with Gasteiger partial charge in [-0.15, -0.1) is 0 Å². The zero-order valence-corrected chi connectivity index (χ0v) is 15.2. The predicted octanol–water partition coefficient (Wildman–Crippen LogP) is 2.39. The Bertz CT molecular complexity index is 1290. The number of halogens is 2. The van der Waals surface area contributed by atoms with Gasteiger partial charge in [0.25, 0.3) is 10.2 Å². The van der Waals surface area contributed by atoms with E-state index in [9.17, 15) is 17.2 Å². The number of hydrogen-bond acceptors (Lipinski definition) is 4. The van der Waals surface area contributed by atoms with Gasteiger partial charge < -0.3 is 4.98 Å². The van der Waals surface area contributed by atoms with Crippen LogP contribution in [0.15, 0.2) is 42.7 Å². The van der Waals surface area contributed by atoms with Gasteiger partial charge in [-0.2, -0.15) is 8.42 Å². The van der Waals surface area contributed by atoms with Crippen molar-refractivity contribution >= 4 is 32.1 Å². The van der Waals surface area contributed by atoms with Crippen LogP contribution >= 0.6 is 0 Å². The maximum absolute atomic E-state index is 14.2. The second-order valence-corrected chi connectivity index (χ2v) is 7.65. The Morgan fingerprint density at radius 1 is 1.11 bits per heavy atom. The van der Waals surface area contributed by atoms with Gasteiger partial charge in [-0.3, -0.25) is 0 Å². The average molecular weight is 403 g/mol. The highest BCUT2D eigenvalue weighted by molar-refractivity contribution is 7.87. The normalized spacial score (nSPS) is 12.1. The minimum Gasteiger partial charge on any atom is -0.351 e. The molecule has 28 heavy (non-hydrogen) atoms. The van der Waals surface area contributed by atoms with Crippen molar-refractivity contribution < 1.29 is 17.2 Å². The van der Waals surface area contributed by atoms with Crippen molar-refractivity contribution in [1.29, 1.82) is 0 Å². The van der Waals surface area contributed by atoms with Crippen LogP contribution in [0.1, 0.15) is 5.56 Å². The van der Waals surface area contributed by atoms with Crippen LogP contribution in [0.25, 0.3) is 33.2 Å². The Balaban J connectivity index is 1.70. The molecule has 0 unspecified atom stereocenters. The van der Waals surface area contributed by atoms with Crippen molar-refractivity contribution in [3.05, 3.63) is 59.9 Å². The SMILES string of the molecule is NS(=O)(=O)NCCc1ccc(-c2ncnc3c2[nH]c2cc(F)cc(F)c23)cc1. The first-order valence-corrected chi connectivity index (χ1v) is 9.84. The molecular weight excluding hydrogens is 388 g/mol. The number of nitrogens with two attached hydrogens (primary N) is 1. The summed E-state index contributed by atoms with van der Waals surface area (Å²) in [6.07, 6.45) is 1.80. The van der Waals surface area contributed by atoms with E-state index < -0.39 is 21.8 Å². The third-order valence-corrected chi connectivity index (χ3v) is 4.95. The smallest absolute Gasteiger partial charge is 0.274 e. The first-order chi connectivity index (χ1) is 13.3. The largest absolute Gasteiger partial charge is 0.351 e. The maximum Gasteiger partial charge on any atom is 0.274 e. The number of aromatic amines is 1. The molecule has 0 amide bonds. The minimum atomic E-state index is -3.72. The van der Waals surface area contributed by atoms with Crippen LogP contribution in [0.2, 0.25) is 0 Å². The Hall–Kier alpha value is -2.95. The number of nitrogens with one attached hydrogen (secondary N) is 2. The number of benzene rings is 2. The van der Waals surface area contributed by atoms with Gasteiger partial charge in [0.2, 0.25) is 0 Å². The molecular formula is C18H15F2N5O2S. The molecule has 0 saturated carbocycles. The van der Waals surface area contributed by atoms with Crippen molar-refractivity contribution in [3.63, 3.8) is 0 Å². The van der Waals surface area contributed by atoms with E-state index >= 15 is 0 Å². The summed E-state index contributed by atoms with van der Waals surface area (Å²) in [4.78, 5) is 11.4. The molecule has 0 aliphatic carbocycles. The van der Waals surface area contributed by atoms with Gasteiger partial charge in [-0.05, 0) is 18.1 Å². The molecule has 2 aromatic carbocycles. The Morgan fingerprint density at radius 3 is 2.57 bits per heavy atom. The highest BCUT2D eigenvalue weighted by Crippen LogP contribution is 2.32. The summed E-state index contributed by atoms with van der Waals surface area (Å²) >= 11 is 0. The third kappa shape index (κ3) is 3.57. The lowest BCUT2D eigenvalue weighted by atomic mass is 10.1. The summed E-state index contributed by atoms with van der Waals surface area (Å²) in [6, 6.07) is 9.33. The van der Waals surface area contributed by atoms with E-state index in [1.54, 1.807) is 0 Å². The summed E-state index contributed by atoms with van der Waals surface area (Å²) in [5, 5.41) is 5.11. The molecule has 2 heterocycles. The third-order valence-electron chi connectivity index (χ3n) is 4.34. The number of rotatable bonds is 5. The van der Waals surface area contributed by atoms with Crippen molar-refractivity contribution in [2.75, 3.05) is 6.54 Å². The summed E-state index contributed by atoms with van der Waals surface area (Å²) in [5.41, 5.74) is 3.39. The first-order valence-electron chi connectivity index (χ1n) is 8.30. The standard InChI is InChI=1S/C18H15F2N5O2S/c19-12-7-13(20)15-14(8-12)25-18-16(22-9-23-17(15)18)11-3-1-10(2-4-11)5-6-24-28(21,26)27/h1-4,7-9,24-25H,5-6H2,(H2,21,26,27). The monoisotopic (exact) mass is 403 g/mol. The van der Waals surface area contributed by atoms with Crippen LogP contribution in [-0.4, -0.2) is 29.9 Å². The number of fused-ring (bicyclic) bond motifs is 3. The Morgan fingerprint density at radius 2 is 1.86 bits per heavy atom. The highest BCUT2D eigenvalue weighted by atomic mass is 32.2. The second-order valence-electron chi connectivity index (χ2n) is 6.27. The molecule has 144 valence electrons. The van der Waals surface area contributed by atoms with Crippen LogP contribution in [0.5, 0.6) is 0 Å². The molecule has 0 radical (unpaired) electrons. The lowest BCUT2D eigenvalue weighted by Gasteiger charge is -2.05. The lowest BCUT2D eigenvalue weighted by molar-refractivity contribution is 0.583. The molecule has 0 bridgehead atoms. The van der Waals surface area contributed by atoms with E-state index in [1.807, 2.05) is 24.3 Å². The van der Waals surface area contributed by atoms with Crippen molar-refractivity contribution in [2.45, 2.75) is 6.42 Å². The summed E-state index contributed by atoms with van der Waals surface area (Å²) in [5.74, 6) is -1.37. The molecule has 0 spiro atoms. The summed E-state index contributed by atoms with van der Waals surface area (Å²) < 4.78 is 51.8. The quantitative estimate of drug-likeness (QED) is 0.475. The zero-order chi connectivity index (χ0) is 19.9. The van der Waals surface area contributed by atoms with Crippen molar-refractivity contribution in [3.8, 4) is 11.3 Å². The molecule has 2 aromatic heterocycles. The van der Waals surface area contributed by atoms with Crippen LogP contribution in [-0.2, 0) is 16.6 Å². The molecule has 4 aromatic rings. The van der Waals surface area contributed by atoms with Gasteiger partial charge in [0.05, 0.1) is 22.1 Å². The van der Waals surface area contributed by atoms with E-state index in [1.165, 1.54) is 12.4 Å². The first kappa shape index (κ1) is 18.4. The topological polar surface area (TPSA) is 114 Å². The summed E-state index contributed by atoms with van der Waals surface area (Å²) in [7, 11) is -3.72. The Kier molecular flexibility index (Phi) is 4.53. The molecule has 0 fully saturated rings. The summed E-state index contributed by atoms with van der Waals surface area (Å²) in [6.45, 7) is 0.183. The van der Waals surface area contributed by atoms with Crippen LogP contribution < -0.4 is 9.86 Å². The predicted molar refractivity (Wildman–Crippen MR) is 102 cm³/mol. The second kappa shape index (κ2) is 6.89. The molecule has 0 aliphatic rings. The van der Waals surface area contributed by atoms with Crippen LogP contribution in [0.4, 0.5) is 8.78 Å². The number of nitrogens with zero attached hydrogens (tertiary/aromatic N) is 2. The van der Waals surface area contributed by atoms with E-state index in [0.29, 0.717) is 28.7 Å². The lowest BCUT2D eigenvalue weighted by Crippen LogP contribution is -2.32. The molecule has 10 heteroatoms. The number of hydrogen-bond donors (Lipinski definition) is 3. The highest BCUT2D eigenvalue weighted by Gasteiger charge is 2.16. The van der Waals surface area contributed by atoms with E-state index in [4.69, 9.17) is 5.14 Å².